The van der Waals surface area contributed by atoms with Crippen LogP contribution in [0.5, 0.6) is 5.75 Å². The van der Waals surface area contributed by atoms with Crippen LogP contribution in [0.2, 0.25) is 0 Å². The predicted octanol–water partition coefficient (Wildman–Crippen LogP) is 2.58. The summed E-state index contributed by atoms with van der Waals surface area (Å²) in [6.07, 6.45) is 1.58. The van der Waals surface area contributed by atoms with Gasteiger partial charge in [-0.05, 0) is 34.5 Å². The van der Waals surface area contributed by atoms with Gasteiger partial charge in [0, 0.05) is 23.5 Å². The molecule has 1 amide bonds. The predicted molar refractivity (Wildman–Crippen MR) is 62.3 cm³/mol. The van der Waals surface area contributed by atoms with Crippen LogP contribution in [0.3, 0.4) is 0 Å². The Morgan fingerprint density at radius 1 is 1.47 bits per heavy atom. The molecule has 1 saturated heterocycles. The highest BCUT2D eigenvalue weighted by Gasteiger charge is 2.23. The molecular formula is C11H12BrNO2. The van der Waals surface area contributed by atoms with Crippen LogP contribution in [0.25, 0.3) is 0 Å². The number of benzene rings is 1. The Balaban J connectivity index is 2.37. The van der Waals surface area contributed by atoms with Crippen LogP contribution in [-0.4, -0.2) is 19.6 Å². The van der Waals surface area contributed by atoms with Crippen molar-refractivity contribution in [2.75, 3.05) is 18.6 Å². The minimum absolute atomic E-state index is 0.184. The van der Waals surface area contributed by atoms with Gasteiger partial charge in [0.05, 0.1) is 12.8 Å². The van der Waals surface area contributed by atoms with E-state index in [4.69, 9.17) is 4.74 Å². The molecule has 0 unspecified atom stereocenters. The number of halogens is 1. The number of ether oxygens (including phenoxy) is 1. The Hall–Kier alpha value is -1.03. The fourth-order valence-electron chi connectivity index (χ4n) is 1.73. The molecule has 3 nitrogen and oxygen atoms in total. The van der Waals surface area contributed by atoms with E-state index in [-0.39, 0.29) is 5.91 Å². The van der Waals surface area contributed by atoms with Crippen molar-refractivity contribution in [2.24, 2.45) is 0 Å². The van der Waals surface area contributed by atoms with E-state index in [2.05, 4.69) is 15.9 Å². The zero-order valence-electron chi connectivity index (χ0n) is 8.50. The van der Waals surface area contributed by atoms with Gasteiger partial charge in [0.1, 0.15) is 5.75 Å². The number of methoxy groups -OCH3 is 1. The van der Waals surface area contributed by atoms with Crippen LogP contribution in [0.15, 0.2) is 22.7 Å². The van der Waals surface area contributed by atoms with Crippen LogP contribution in [0, 0.1) is 0 Å². The molecule has 0 radical (unpaired) electrons. The molecule has 80 valence electrons. The van der Waals surface area contributed by atoms with Gasteiger partial charge in [-0.25, -0.2) is 0 Å². The Morgan fingerprint density at radius 3 is 2.87 bits per heavy atom. The van der Waals surface area contributed by atoms with Crippen molar-refractivity contribution < 1.29 is 9.53 Å². The Labute approximate surface area is 97.2 Å². The maximum atomic E-state index is 11.6. The molecule has 0 bridgehead atoms. The van der Waals surface area contributed by atoms with Gasteiger partial charge in [-0.2, -0.15) is 0 Å². The SMILES string of the molecule is COc1ccc(Br)c(N2CCCC2=O)c1. The van der Waals surface area contributed by atoms with Gasteiger partial charge in [-0.1, -0.05) is 0 Å². The van der Waals surface area contributed by atoms with Crippen molar-refractivity contribution >= 4 is 27.5 Å². The normalized spacial score (nSPS) is 15.9. The first kappa shape index (κ1) is 10.5. The van der Waals surface area contributed by atoms with Crippen LogP contribution in [0.4, 0.5) is 5.69 Å². The smallest absolute Gasteiger partial charge is 0.227 e. The van der Waals surface area contributed by atoms with Gasteiger partial charge in [-0.3, -0.25) is 4.79 Å². The average Bonchev–Trinajstić information content (AvgIpc) is 2.65. The Kier molecular flexibility index (Phi) is 2.95. The lowest BCUT2D eigenvalue weighted by Gasteiger charge is -2.18. The molecule has 0 N–H and O–H groups in total. The number of hydrogen-bond acceptors (Lipinski definition) is 2. The van der Waals surface area contributed by atoms with Crippen LogP contribution < -0.4 is 9.64 Å². The van der Waals surface area contributed by atoms with E-state index in [1.54, 1.807) is 12.0 Å². The summed E-state index contributed by atoms with van der Waals surface area (Å²) in [4.78, 5) is 13.4. The third-order valence-electron chi connectivity index (χ3n) is 2.52. The van der Waals surface area contributed by atoms with Gasteiger partial charge in [0.2, 0.25) is 5.91 Å². The van der Waals surface area contributed by atoms with Crippen molar-refractivity contribution in [3.63, 3.8) is 0 Å². The summed E-state index contributed by atoms with van der Waals surface area (Å²) in [6.45, 7) is 0.796. The minimum Gasteiger partial charge on any atom is -0.497 e. The summed E-state index contributed by atoms with van der Waals surface area (Å²) in [5.74, 6) is 0.955. The van der Waals surface area contributed by atoms with Gasteiger partial charge in [-0.15, -0.1) is 0 Å². The van der Waals surface area contributed by atoms with Gasteiger partial charge in [0.15, 0.2) is 0 Å². The number of carbonyl (C=O) groups is 1. The second-order valence-electron chi connectivity index (χ2n) is 3.47. The van der Waals surface area contributed by atoms with E-state index in [9.17, 15) is 4.79 Å². The Morgan fingerprint density at radius 2 is 2.27 bits per heavy atom. The highest BCUT2D eigenvalue weighted by molar-refractivity contribution is 9.10. The van der Waals surface area contributed by atoms with E-state index in [0.717, 1.165) is 28.9 Å². The highest BCUT2D eigenvalue weighted by Crippen LogP contribution is 2.32. The van der Waals surface area contributed by atoms with Crippen molar-refractivity contribution in [3.05, 3.63) is 22.7 Å². The van der Waals surface area contributed by atoms with E-state index in [0.29, 0.717) is 6.42 Å². The van der Waals surface area contributed by atoms with Crippen molar-refractivity contribution in [2.45, 2.75) is 12.8 Å². The molecule has 1 aromatic carbocycles. The summed E-state index contributed by atoms with van der Waals surface area (Å²) < 4.78 is 6.08. The summed E-state index contributed by atoms with van der Waals surface area (Å²) in [5, 5.41) is 0. The third-order valence-corrected chi connectivity index (χ3v) is 3.19. The maximum Gasteiger partial charge on any atom is 0.227 e. The number of rotatable bonds is 2. The summed E-state index contributed by atoms with van der Waals surface area (Å²) in [7, 11) is 1.62. The lowest BCUT2D eigenvalue weighted by molar-refractivity contribution is -0.117. The monoisotopic (exact) mass is 269 g/mol. The van der Waals surface area contributed by atoms with E-state index < -0.39 is 0 Å². The summed E-state index contributed by atoms with van der Waals surface area (Å²) in [6, 6.07) is 5.65. The fourth-order valence-corrected chi connectivity index (χ4v) is 2.19. The van der Waals surface area contributed by atoms with Crippen molar-refractivity contribution in [1.29, 1.82) is 0 Å². The van der Waals surface area contributed by atoms with Crippen molar-refractivity contribution in [3.8, 4) is 5.75 Å². The molecule has 0 spiro atoms. The molecule has 1 heterocycles. The van der Waals surface area contributed by atoms with Gasteiger partial charge >= 0.3 is 0 Å². The van der Waals surface area contributed by atoms with E-state index in [1.807, 2.05) is 18.2 Å². The molecule has 15 heavy (non-hydrogen) atoms. The average molecular weight is 270 g/mol. The standard InChI is InChI=1S/C11H12BrNO2/c1-15-8-4-5-9(12)10(7-8)13-6-2-3-11(13)14/h4-5,7H,2-3,6H2,1H3. The van der Waals surface area contributed by atoms with Crippen LogP contribution in [-0.2, 0) is 4.79 Å². The molecule has 0 saturated carbocycles. The molecule has 0 aromatic heterocycles. The lowest BCUT2D eigenvalue weighted by atomic mass is 10.3. The maximum absolute atomic E-state index is 11.6. The van der Waals surface area contributed by atoms with Gasteiger partial charge < -0.3 is 9.64 Å². The molecule has 0 atom stereocenters. The zero-order chi connectivity index (χ0) is 10.8. The van der Waals surface area contributed by atoms with E-state index >= 15 is 0 Å². The van der Waals surface area contributed by atoms with Crippen LogP contribution >= 0.6 is 15.9 Å². The van der Waals surface area contributed by atoms with Gasteiger partial charge in [0.25, 0.3) is 0 Å². The zero-order valence-corrected chi connectivity index (χ0v) is 10.1. The highest BCUT2D eigenvalue weighted by atomic mass is 79.9. The second-order valence-corrected chi connectivity index (χ2v) is 4.32. The summed E-state index contributed by atoms with van der Waals surface area (Å²) >= 11 is 3.45. The quantitative estimate of drug-likeness (QED) is 0.826. The molecular weight excluding hydrogens is 258 g/mol. The number of hydrogen-bond donors (Lipinski definition) is 0. The second kappa shape index (κ2) is 4.23. The molecule has 2 rings (SSSR count). The number of anilines is 1. The molecule has 0 aliphatic carbocycles. The minimum atomic E-state index is 0.184. The third kappa shape index (κ3) is 2.00. The van der Waals surface area contributed by atoms with E-state index in [1.165, 1.54) is 0 Å². The number of nitrogens with zero attached hydrogens (tertiary/aromatic N) is 1. The fraction of sp³-hybridized carbons (Fsp3) is 0.364. The Bertz CT molecular complexity index is 392. The lowest BCUT2D eigenvalue weighted by Crippen LogP contribution is -2.24. The number of amides is 1. The molecule has 1 aromatic rings. The first-order valence-corrected chi connectivity index (χ1v) is 5.65. The molecule has 1 aliphatic rings. The van der Waals surface area contributed by atoms with Crippen LogP contribution in [0.1, 0.15) is 12.8 Å². The molecule has 1 fully saturated rings. The first-order valence-electron chi connectivity index (χ1n) is 4.86. The molecule has 4 heteroatoms. The summed E-state index contributed by atoms with van der Waals surface area (Å²) in [5.41, 5.74) is 0.900. The molecule has 1 aliphatic heterocycles. The largest absolute Gasteiger partial charge is 0.497 e. The number of carbonyl (C=O) groups excluding carboxylic acids is 1. The first-order chi connectivity index (χ1) is 7.22. The topological polar surface area (TPSA) is 29.5 Å². The van der Waals surface area contributed by atoms with Crippen molar-refractivity contribution in [1.82, 2.24) is 0 Å².